The van der Waals surface area contributed by atoms with Crippen LogP contribution in [0, 0.1) is 5.41 Å². The number of para-hydroxylation sites is 1. The van der Waals surface area contributed by atoms with Crippen LogP contribution in [0.1, 0.15) is 45.3 Å². The van der Waals surface area contributed by atoms with E-state index in [1.165, 1.54) is 0 Å². The van der Waals surface area contributed by atoms with Gasteiger partial charge >= 0.3 is 0 Å². The quantitative estimate of drug-likeness (QED) is 0.807. The summed E-state index contributed by atoms with van der Waals surface area (Å²) in [6, 6.07) is 7.61. The summed E-state index contributed by atoms with van der Waals surface area (Å²) in [5.41, 5.74) is -0.0316. The van der Waals surface area contributed by atoms with Crippen LogP contribution in [0.3, 0.4) is 0 Å². The van der Waals surface area contributed by atoms with Gasteiger partial charge in [0.15, 0.2) is 5.58 Å². The van der Waals surface area contributed by atoms with E-state index in [9.17, 15) is 5.11 Å². The Hall–Kier alpha value is -0.990. The van der Waals surface area contributed by atoms with Crippen molar-refractivity contribution in [3.8, 4) is 0 Å². The highest BCUT2D eigenvalue weighted by Crippen LogP contribution is 2.47. The third-order valence-corrected chi connectivity index (χ3v) is 4.47. The Kier molecular flexibility index (Phi) is 2.91. The summed E-state index contributed by atoms with van der Waals surface area (Å²) in [6.07, 6.45) is 3.66. The molecule has 3 heteroatoms. The third-order valence-electron chi connectivity index (χ3n) is 4.17. The van der Waals surface area contributed by atoms with Gasteiger partial charge in [-0.25, -0.2) is 0 Å². The van der Waals surface area contributed by atoms with E-state index in [4.69, 9.17) is 16.0 Å². The fraction of sp³-hybridized carbons (Fsp3) is 0.500. The molecule has 3 rings (SSSR count). The molecule has 1 aliphatic rings. The Labute approximate surface area is 118 Å². The Morgan fingerprint density at radius 2 is 2.05 bits per heavy atom. The number of rotatable bonds is 1. The molecule has 0 aliphatic heterocycles. The average Bonchev–Trinajstić information content (AvgIpc) is 2.73. The number of aliphatic hydroxyl groups is 1. The third kappa shape index (κ3) is 2.28. The van der Waals surface area contributed by atoms with Crippen molar-refractivity contribution in [3.05, 3.63) is 35.0 Å². The summed E-state index contributed by atoms with van der Waals surface area (Å²) in [5, 5.41) is 12.5. The second-order valence-electron chi connectivity index (χ2n) is 6.49. The molecular weight excluding hydrogens is 260 g/mol. The Bertz CT molecular complexity index is 614. The fourth-order valence-electron chi connectivity index (χ4n) is 3.30. The molecule has 102 valence electrons. The molecule has 1 atom stereocenters. The normalized spacial score (nSPS) is 26.7. The van der Waals surface area contributed by atoms with Gasteiger partial charge in [-0.05, 0) is 43.2 Å². The molecular formula is C16H19ClO2. The zero-order chi connectivity index (χ0) is 13.7. The van der Waals surface area contributed by atoms with Crippen LogP contribution in [0.2, 0.25) is 5.02 Å². The topological polar surface area (TPSA) is 33.4 Å². The van der Waals surface area contributed by atoms with Crippen molar-refractivity contribution in [3.63, 3.8) is 0 Å². The summed E-state index contributed by atoms with van der Waals surface area (Å²) in [5.74, 6) is 0.656. The lowest BCUT2D eigenvalue weighted by atomic mass is 9.69. The maximum Gasteiger partial charge on any atom is 0.153 e. The summed E-state index contributed by atoms with van der Waals surface area (Å²) >= 11 is 6.14. The van der Waals surface area contributed by atoms with Gasteiger partial charge in [0.05, 0.1) is 5.02 Å². The van der Waals surface area contributed by atoms with Crippen LogP contribution < -0.4 is 0 Å². The summed E-state index contributed by atoms with van der Waals surface area (Å²) in [6.45, 7) is 4.40. The summed E-state index contributed by atoms with van der Waals surface area (Å²) in [7, 11) is 0. The van der Waals surface area contributed by atoms with Crippen LogP contribution in [-0.2, 0) is 5.60 Å². The average molecular weight is 279 g/mol. The molecule has 1 N–H and O–H groups in total. The molecule has 0 bridgehead atoms. The smallest absolute Gasteiger partial charge is 0.153 e. The summed E-state index contributed by atoms with van der Waals surface area (Å²) < 4.78 is 5.85. The van der Waals surface area contributed by atoms with E-state index < -0.39 is 5.60 Å². The van der Waals surface area contributed by atoms with E-state index in [-0.39, 0.29) is 5.41 Å². The molecule has 2 nitrogen and oxygen atoms in total. The van der Waals surface area contributed by atoms with Crippen LogP contribution in [0.25, 0.3) is 11.0 Å². The number of furan rings is 1. The van der Waals surface area contributed by atoms with Gasteiger partial charge in [-0.1, -0.05) is 37.6 Å². The summed E-state index contributed by atoms with van der Waals surface area (Å²) in [4.78, 5) is 0. The first-order valence-corrected chi connectivity index (χ1v) is 7.18. The number of benzene rings is 1. The Morgan fingerprint density at radius 1 is 1.26 bits per heavy atom. The molecule has 1 aliphatic carbocycles. The van der Waals surface area contributed by atoms with Crippen molar-refractivity contribution in [2.45, 2.75) is 45.1 Å². The Balaban J connectivity index is 2.06. The molecule has 0 radical (unpaired) electrons. The van der Waals surface area contributed by atoms with Crippen molar-refractivity contribution >= 4 is 22.6 Å². The van der Waals surface area contributed by atoms with Crippen LogP contribution in [0.15, 0.2) is 28.7 Å². The van der Waals surface area contributed by atoms with E-state index in [1.807, 2.05) is 24.3 Å². The van der Waals surface area contributed by atoms with Crippen molar-refractivity contribution in [2.24, 2.45) is 5.41 Å². The molecule has 1 fully saturated rings. The minimum absolute atomic E-state index is 0.149. The minimum atomic E-state index is -0.857. The molecule has 0 spiro atoms. The molecule has 1 aromatic heterocycles. The Morgan fingerprint density at radius 3 is 2.74 bits per heavy atom. The zero-order valence-electron chi connectivity index (χ0n) is 11.4. The van der Waals surface area contributed by atoms with Crippen LogP contribution in [0.4, 0.5) is 0 Å². The van der Waals surface area contributed by atoms with Gasteiger partial charge in [0.25, 0.3) is 0 Å². The first kappa shape index (κ1) is 13.0. The van der Waals surface area contributed by atoms with Gasteiger partial charge in [-0.2, -0.15) is 0 Å². The van der Waals surface area contributed by atoms with E-state index in [2.05, 4.69) is 13.8 Å². The highest BCUT2D eigenvalue weighted by Gasteiger charge is 2.42. The van der Waals surface area contributed by atoms with Crippen LogP contribution >= 0.6 is 11.6 Å². The highest BCUT2D eigenvalue weighted by atomic mass is 35.5. The molecule has 2 aromatic rings. The zero-order valence-corrected chi connectivity index (χ0v) is 12.1. The SMILES string of the molecule is CC1(C)CCCC(O)(c2cc3cccc(Cl)c3o2)C1. The van der Waals surface area contributed by atoms with Gasteiger partial charge < -0.3 is 9.52 Å². The largest absolute Gasteiger partial charge is 0.456 e. The van der Waals surface area contributed by atoms with Gasteiger partial charge in [0.1, 0.15) is 11.4 Å². The second-order valence-corrected chi connectivity index (χ2v) is 6.90. The molecule has 1 heterocycles. The van der Waals surface area contributed by atoms with Crippen LogP contribution in [-0.4, -0.2) is 5.11 Å². The van der Waals surface area contributed by atoms with Gasteiger partial charge in [-0.15, -0.1) is 0 Å². The first-order chi connectivity index (χ1) is 8.90. The van der Waals surface area contributed by atoms with E-state index in [0.29, 0.717) is 16.4 Å². The molecule has 19 heavy (non-hydrogen) atoms. The predicted molar refractivity (Wildman–Crippen MR) is 77.4 cm³/mol. The maximum absolute atomic E-state index is 10.9. The lowest BCUT2D eigenvalue weighted by molar-refractivity contribution is -0.0585. The van der Waals surface area contributed by atoms with Gasteiger partial charge in [-0.3, -0.25) is 0 Å². The van der Waals surface area contributed by atoms with Crippen molar-refractivity contribution in [1.82, 2.24) is 0 Å². The standard InChI is InChI=1S/C16H19ClO2/c1-15(2)7-4-8-16(18,10-15)13-9-11-5-3-6-12(17)14(11)19-13/h3,5-6,9,18H,4,7-8,10H2,1-2H3. The van der Waals surface area contributed by atoms with Crippen molar-refractivity contribution < 1.29 is 9.52 Å². The monoisotopic (exact) mass is 278 g/mol. The van der Waals surface area contributed by atoms with Gasteiger partial charge in [0, 0.05) is 5.39 Å². The minimum Gasteiger partial charge on any atom is -0.456 e. The van der Waals surface area contributed by atoms with E-state index >= 15 is 0 Å². The molecule has 1 saturated carbocycles. The van der Waals surface area contributed by atoms with Crippen molar-refractivity contribution in [2.75, 3.05) is 0 Å². The maximum atomic E-state index is 10.9. The van der Waals surface area contributed by atoms with Gasteiger partial charge in [0.2, 0.25) is 0 Å². The number of hydrogen-bond donors (Lipinski definition) is 1. The predicted octanol–water partition coefficient (Wildman–Crippen LogP) is 4.87. The number of fused-ring (bicyclic) bond motifs is 1. The number of halogens is 1. The van der Waals surface area contributed by atoms with Crippen LogP contribution in [0.5, 0.6) is 0 Å². The number of hydrogen-bond acceptors (Lipinski definition) is 2. The second kappa shape index (κ2) is 4.26. The van der Waals surface area contributed by atoms with E-state index in [0.717, 1.165) is 31.1 Å². The van der Waals surface area contributed by atoms with E-state index in [1.54, 1.807) is 0 Å². The molecule has 1 unspecified atom stereocenters. The molecule has 1 aromatic carbocycles. The lowest BCUT2D eigenvalue weighted by Gasteiger charge is -2.40. The lowest BCUT2D eigenvalue weighted by Crippen LogP contribution is -2.36. The first-order valence-electron chi connectivity index (χ1n) is 6.81. The van der Waals surface area contributed by atoms with Crippen molar-refractivity contribution in [1.29, 1.82) is 0 Å². The highest BCUT2D eigenvalue weighted by molar-refractivity contribution is 6.34. The molecule has 0 saturated heterocycles. The molecule has 0 amide bonds. The fourth-order valence-corrected chi connectivity index (χ4v) is 3.52.